The molecular weight excluding hydrogens is 268 g/mol. The Morgan fingerprint density at radius 1 is 0.909 bits per heavy atom. The summed E-state index contributed by atoms with van der Waals surface area (Å²) in [7, 11) is 0. The van der Waals surface area contributed by atoms with E-state index in [4.69, 9.17) is 0 Å². The third kappa shape index (κ3) is 2.55. The number of fused-ring (bicyclic) bond motifs is 1. The molecule has 22 heavy (non-hydrogen) atoms. The monoisotopic (exact) mass is 296 g/mol. The maximum Gasteiger partial charge on any atom is 0.146 e. The van der Waals surface area contributed by atoms with Crippen molar-refractivity contribution < 1.29 is 4.79 Å². The van der Waals surface area contributed by atoms with Crippen LogP contribution in [0.1, 0.15) is 82.9 Å². The molecule has 0 N–H and O–H groups in total. The van der Waals surface area contributed by atoms with E-state index < -0.39 is 0 Å². The highest BCUT2D eigenvalue weighted by Crippen LogP contribution is 2.47. The van der Waals surface area contributed by atoms with Gasteiger partial charge in [0.1, 0.15) is 6.29 Å². The molecule has 0 unspecified atom stereocenters. The number of benzene rings is 1. The first-order chi connectivity index (χ1) is 10.3. The number of hydrogen-bond donors (Lipinski definition) is 0. The highest BCUT2D eigenvalue weighted by Gasteiger charge is 2.37. The van der Waals surface area contributed by atoms with E-state index in [1.807, 2.05) is 0 Å². The van der Waals surface area contributed by atoms with Crippen molar-refractivity contribution in [2.24, 2.45) is 0 Å². The van der Waals surface area contributed by atoms with Crippen molar-refractivity contribution in [3.05, 3.63) is 40.5 Å². The molecular formula is C21H28O. The van der Waals surface area contributed by atoms with Crippen molar-refractivity contribution in [2.75, 3.05) is 0 Å². The number of allylic oxidation sites excluding steroid dienone is 2. The van der Waals surface area contributed by atoms with Crippen LogP contribution >= 0.6 is 0 Å². The molecule has 2 aliphatic rings. The van der Waals surface area contributed by atoms with Crippen molar-refractivity contribution in [1.29, 1.82) is 0 Å². The SMILES string of the molecule is CC1(C)CCC(C)(C)c2cc(C3=C(C=O)CCCC3)ccc21. The van der Waals surface area contributed by atoms with Gasteiger partial charge in [-0.15, -0.1) is 0 Å². The quantitative estimate of drug-likeness (QED) is 0.653. The minimum absolute atomic E-state index is 0.234. The Labute approximate surface area is 134 Å². The second-order valence-corrected chi connectivity index (χ2v) is 8.36. The number of rotatable bonds is 2. The van der Waals surface area contributed by atoms with Crippen molar-refractivity contribution in [3.8, 4) is 0 Å². The molecule has 0 bridgehead atoms. The van der Waals surface area contributed by atoms with Gasteiger partial charge in [-0.2, -0.15) is 0 Å². The van der Waals surface area contributed by atoms with Gasteiger partial charge >= 0.3 is 0 Å². The van der Waals surface area contributed by atoms with E-state index in [-0.39, 0.29) is 10.8 Å². The zero-order valence-corrected chi connectivity index (χ0v) is 14.5. The minimum Gasteiger partial charge on any atom is -0.298 e. The van der Waals surface area contributed by atoms with Crippen LogP contribution in [-0.4, -0.2) is 6.29 Å². The summed E-state index contributed by atoms with van der Waals surface area (Å²) in [5.41, 5.74) is 7.09. The van der Waals surface area contributed by atoms with Gasteiger partial charge in [0.2, 0.25) is 0 Å². The van der Waals surface area contributed by atoms with Crippen LogP contribution in [0.25, 0.3) is 5.57 Å². The minimum atomic E-state index is 0.234. The summed E-state index contributed by atoms with van der Waals surface area (Å²) < 4.78 is 0. The van der Waals surface area contributed by atoms with E-state index in [9.17, 15) is 4.79 Å². The first-order valence-corrected chi connectivity index (χ1v) is 8.68. The molecule has 0 amide bonds. The van der Waals surface area contributed by atoms with Crippen molar-refractivity contribution in [3.63, 3.8) is 0 Å². The van der Waals surface area contributed by atoms with E-state index >= 15 is 0 Å². The zero-order chi connectivity index (χ0) is 16.0. The number of carbonyl (C=O) groups excluding carboxylic acids is 1. The molecule has 0 saturated heterocycles. The standard InChI is InChI=1S/C21H28O/c1-20(2)11-12-21(3,4)19-13-15(9-10-18(19)20)17-8-6-5-7-16(17)14-22/h9-10,13-14H,5-8,11-12H2,1-4H3. The fraction of sp³-hybridized carbons (Fsp3) is 0.571. The Morgan fingerprint density at radius 2 is 1.55 bits per heavy atom. The molecule has 0 spiro atoms. The van der Waals surface area contributed by atoms with Crippen molar-refractivity contribution in [2.45, 2.75) is 77.0 Å². The summed E-state index contributed by atoms with van der Waals surface area (Å²) in [5, 5.41) is 0. The Kier molecular flexibility index (Phi) is 3.79. The predicted molar refractivity (Wildman–Crippen MR) is 93.2 cm³/mol. The Hall–Kier alpha value is -1.37. The van der Waals surface area contributed by atoms with Crippen LogP contribution in [0.3, 0.4) is 0 Å². The summed E-state index contributed by atoms with van der Waals surface area (Å²) in [6.07, 6.45) is 7.93. The molecule has 1 nitrogen and oxygen atoms in total. The van der Waals surface area contributed by atoms with E-state index in [2.05, 4.69) is 45.9 Å². The maximum atomic E-state index is 11.4. The average molecular weight is 296 g/mol. The van der Waals surface area contributed by atoms with Gasteiger partial charge < -0.3 is 0 Å². The third-order valence-corrected chi connectivity index (χ3v) is 5.85. The molecule has 1 aromatic carbocycles. The summed E-state index contributed by atoms with van der Waals surface area (Å²) >= 11 is 0. The molecule has 2 aliphatic carbocycles. The Morgan fingerprint density at radius 3 is 2.23 bits per heavy atom. The predicted octanol–water partition coefficient (Wildman–Crippen LogP) is 5.56. The molecule has 0 heterocycles. The van der Waals surface area contributed by atoms with Crippen LogP contribution in [-0.2, 0) is 15.6 Å². The normalized spacial score (nSPS) is 23.1. The van der Waals surface area contributed by atoms with Crippen LogP contribution in [0.4, 0.5) is 0 Å². The summed E-state index contributed by atoms with van der Waals surface area (Å²) in [6, 6.07) is 6.97. The molecule has 118 valence electrons. The molecule has 1 aromatic rings. The lowest BCUT2D eigenvalue weighted by Crippen LogP contribution is -2.33. The summed E-state index contributed by atoms with van der Waals surface area (Å²) in [5.74, 6) is 0. The van der Waals surface area contributed by atoms with Gasteiger partial charge in [-0.05, 0) is 77.2 Å². The summed E-state index contributed by atoms with van der Waals surface area (Å²) in [4.78, 5) is 11.4. The van der Waals surface area contributed by atoms with E-state index in [1.165, 1.54) is 41.5 Å². The van der Waals surface area contributed by atoms with Crippen LogP contribution in [0.2, 0.25) is 0 Å². The van der Waals surface area contributed by atoms with Crippen molar-refractivity contribution >= 4 is 11.9 Å². The molecule has 0 saturated carbocycles. The van der Waals surface area contributed by atoms with E-state index in [0.717, 1.165) is 31.1 Å². The largest absolute Gasteiger partial charge is 0.298 e. The van der Waals surface area contributed by atoms with Gasteiger partial charge in [0.15, 0.2) is 0 Å². The number of aldehydes is 1. The molecule has 1 heteroatoms. The number of hydrogen-bond acceptors (Lipinski definition) is 1. The molecule has 0 aliphatic heterocycles. The maximum absolute atomic E-state index is 11.4. The van der Waals surface area contributed by atoms with E-state index in [1.54, 1.807) is 0 Å². The van der Waals surface area contributed by atoms with Crippen molar-refractivity contribution in [1.82, 2.24) is 0 Å². The molecule has 0 fully saturated rings. The summed E-state index contributed by atoms with van der Waals surface area (Å²) in [6.45, 7) is 9.44. The Balaban J connectivity index is 2.14. The molecule has 3 rings (SSSR count). The number of carbonyl (C=O) groups is 1. The lowest BCUT2D eigenvalue weighted by Gasteiger charge is -2.42. The van der Waals surface area contributed by atoms with Gasteiger partial charge in [0.05, 0.1) is 0 Å². The third-order valence-electron chi connectivity index (χ3n) is 5.85. The van der Waals surface area contributed by atoms with E-state index in [0.29, 0.717) is 0 Å². The van der Waals surface area contributed by atoms with Gasteiger partial charge in [0, 0.05) is 0 Å². The smallest absolute Gasteiger partial charge is 0.146 e. The van der Waals surface area contributed by atoms with Gasteiger partial charge in [-0.3, -0.25) is 4.79 Å². The topological polar surface area (TPSA) is 17.1 Å². The fourth-order valence-electron chi connectivity index (χ4n) is 4.16. The van der Waals surface area contributed by atoms with Crippen LogP contribution in [0.15, 0.2) is 23.8 Å². The average Bonchev–Trinajstić information content (AvgIpc) is 2.51. The first-order valence-electron chi connectivity index (χ1n) is 8.68. The highest BCUT2D eigenvalue weighted by atomic mass is 16.1. The Bertz CT molecular complexity index is 631. The first kappa shape index (κ1) is 15.5. The van der Waals surface area contributed by atoms with Crippen LogP contribution in [0, 0.1) is 0 Å². The van der Waals surface area contributed by atoms with Gasteiger partial charge in [0.25, 0.3) is 0 Å². The second kappa shape index (κ2) is 5.37. The lowest BCUT2D eigenvalue weighted by molar-refractivity contribution is -0.105. The molecule has 0 aromatic heterocycles. The van der Waals surface area contributed by atoms with Gasteiger partial charge in [-0.1, -0.05) is 45.9 Å². The lowest BCUT2D eigenvalue weighted by atomic mass is 9.62. The molecule has 0 radical (unpaired) electrons. The molecule has 0 atom stereocenters. The zero-order valence-electron chi connectivity index (χ0n) is 14.5. The highest BCUT2D eigenvalue weighted by molar-refractivity contribution is 5.89. The van der Waals surface area contributed by atoms with Crippen LogP contribution in [0.5, 0.6) is 0 Å². The van der Waals surface area contributed by atoms with Gasteiger partial charge in [-0.25, -0.2) is 0 Å². The fourth-order valence-corrected chi connectivity index (χ4v) is 4.16. The van der Waals surface area contributed by atoms with Crippen LogP contribution < -0.4 is 0 Å². The second-order valence-electron chi connectivity index (χ2n) is 8.36.